The zero-order valence-electron chi connectivity index (χ0n) is 19.3. The van der Waals surface area contributed by atoms with Gasteiger partial charge >= 0.3 is 11.9 Å². The van der Waals surface area contributed by atoms with E-state index in [1.54, 1.807) is 38.1 Å². The number of carbonyl (C=O) groups is 2. The molecule has 0 radical (unpaired) electrons. The number of hydrogen-bond acceptors (Lipinski definition) is 4. The number of benzene rings is 4. The summed E-state index contributed by atoms with van der Waals surface area (Å²) < 4.78 is 10.2. The zero-order valence-corrected chi connectivity index (χ0v) is 19.3. The summed E-state index contributed by atoms with van der Waals surface area (Å²) >= 11 is 0. The highest BCUT2D eigenvalue weighted by Crippen LogP contribution is 2.38. The average Bonchev–Trinajstić information content (AvgIpc) is 2.89. The van der Waals surface area contributed by atoms with E-state index < -0.39 is 0 Å². The molecule has 0 atom stereocenters. The van der Waals surface area contributed by atoms with Gasteiger partial charge in [0.2, 0.25) is 0 Å². The summed E-state index contributed by atoms with van der Waals surface area (Å²) in [5.41, 5.74) is 7.37. The lowest BCUT2D eigenvalue weighted by Gasteiger charge is -2.15. The molecule has 0 N–H and O–H groups in total. The van der Waals surface area contributed by atoms with Crippen molar-refractivity contribution in [3.8, 4) is 33.4 Å². The van der Waals surface area contributed by atoms with Gasteiger partial charge in [0.25, 0.3) is 0 Å². The minimum Gasteiger partial charge on any atom is -0.462 e. The Hall–Kier alpha value is -4.18. The summed E-state index contributed by atoms with van der Waals surface area (Å²) in [4.78, 5) is 24.1. The third-order valence-electron chi connectivity index (χ3n) is 5.56. The highest BCUT2D eigenvalue weighted by molar-refractivity contribution is 5.94. The maximum absolute atomic E-state index is 12.0. The second kappa shape index (κ2) is 10.6. The van der Waals surface area contributed by atoms with Gasteiger partial charge in [0, 0.05) is 0 Å². The molecule has 4 heteroatoms. The lowest BCUT2D eigenvalue weighted by Crippen LogP contribution is -2.04. The van der Waals surface area contributed by atoms with E-state index in [-0.39, 0.29) is 11.9 Å². The van der Waals surface area contributed by atoms with E-state index in [0.717, 1.165) is 33.4 Å². The first-order valence-electron chi connectivity index (χ1n) is 11.4. The van der Waals surface area contributed by atoms with E-state index in [4.69, 9.17) is 9.47 Å². The fraction of sp³-hybridized carbons (Fsp3) is 0.133. The Morgan fingerprint density at radius 2 is 0.824 bits per heavy atom. The third-order valence-corrected chi connectivity index (χ3v) is 5.56. The van der Waals surface area contributed by atoms with Crippen LogP contribution in [0.1, 0.15) is 34.6 Å². The van der Waals surface area contributed by atoms with Crippen LogP contribution in [-0.2, 0) is 9.47 Å². The summed E-state index contributed by atoms with van der Waals surface area (Å²) in [6.45, 7) is 4.29. The van der Waals surface area contributed by atoms with Gasteiger partial charge in [-0.15, -0.1) is 0 Å². The van der Waals surface area contributed by atoms with Crippen molar-refractivity contribution >= 4 is 11.9 Å². The quantitative estimate of drug-likeness (QED) is 0.283. The molecule has 0 aromatic heterocycles. The maximum Gasteiger partial charge on any atom is 0.338 e. The standard InChI is InChI=1S/C30H26O4/c1-3-33-29(31)23-17-13-21(14-18-23)25-9-5-7-11-27(25)28-12-8-6-10-26(28)22-15-19-24(20-16-22)30(32)34-4-2/h5-20H,3-4H2,1-2H3. The summed E-state index contributed by atoms with van der Waals surface area (Å²) in [7, 11) is 0. The van der Waals surface area contributed by atoms with Crippen molar-refractivity contribution in [2.75, 3.05) is 13.2 Å². The molecule has 4 rings (SSSR count). The van der Waals surface area contributed by atoms with Gasteiger partial charge in [0.1, 0.15) is 0 Å². The van der Waals surface area contributed by atoms with Crippen molar-refractivity contribution in [1.82, 2.24) is 0 Å². The van der Waals surface area contributed by atoms with Gasteiger partial charge in [0.15, 0.2) is 0 Å². The maximum atomic E-state index is 12.0. The summed E-state index contributed by atoms with van der Waals surface area (Å²) in [6, 6.07) is 31.4. The van der Waals surface area contributed by atoms with Crippen LogP contribution in [0, 0.1) is 0 Å². The van der Waals surface area contributed by atoms with E-state index in [1.807, 2.05) is 48.5 Å². The topological polar surface area (TPSA) is 52.6 Å². The van der Waals surface area contributed by atoms with Crippen molar-refractivity contribution in [3.05, 3.63) is 108 Å². The van der Waals surface area contributed by atoms with Gasteiger partial charge in [-0.2, -0.15) is 0 Å². The van der Waals surface area contributed by atoms with Gasteiger partial charge in [-0.1, -0.05) is 72.8 Å². The number of esters is 2. The molecular weight excluding hydrogens is 424 g/mol. The monoisotopic (exact) mass is 450 g/mol. The Bertz CT molecular complexity index is 1190. The van der Waals surface area contributed by atoms with E-state index in [0.29, 0.717) is 24.3 Å². The minimum absolute atomic E-state index is 0.320. The van der Waals surface area contributed by atoms with Gasteiger partial charge in [0.05, 0.1) is 24.3 Å². The number of hydrogen-bond donors (Lipinski definition) is 0. The third kappa shape index (κ3) is 4.91. The Morgan fingerprint density at radius 3 is 1.15 bits per heavy atom. The molecule has 4 aromatic rings. The smallest absolute Gasteiger partial charge is 0.338 e. The first-order valence-corrected chi connectivity index (χ1v) is 11.4. The number of rotatable bonds is 7. The van der Waals surface area contributed by atoms with Crippen LogP contribution in [0.15, 0.2) is 97.1 Å². The van der Waals surface area contributed by atoms with E-state index in [9.17, 15) is 9.59 Å². The zero-order chi connectivity index (χ0) is 23.9. The van der Waals surface area contributed by atoms with Crippen LogP contribution in [0.25, 0.3) is 33.4 Å². The fourth-order valence-electron chi connectivity index (χ4n) is 3.94. The minimum atomic E-state index is -0.320. The predicted octanol–water partition coefficient (Wildman–Crippen LogP) is 7.04. The molecule has 0 heterocycles. The Kier molecular flexibility index (Phi) is 7.19. The molecule has 0 saturated heterocycles. The van der Waals surface area contributed by atoms with E-state index >= 15 is 0 Å². The van der Waals surface area contributed by atoms with Crippen LogP contribution in [-0.4, -0.2) is 25.2 Å². The Labute approximate surface area is 199 Å². The Morgan fingerprint density at radius 1 is 0.500 bits per heavy atom. The van der Waals surface area contributed by atoms with Crippen molar-refractivity contribution in [2.45, 2.75) is 13.8 Å². The highest BCUT2D eigenvalue weighted by atomic mass is 16.5. The summed E-state index contributed by atoms with van der Waals surface area (Å²) in [5, 5.41) is 0. The Balaban J connectivity index is 1.73. The van der Waals surface area contributed by atoms with E-state index in [2.05, 4.69) is 24.3 Å². The van der Waals surface area contributed by atoms with Crippen molar-refractivity contribution in [2.24, 2.45) is 0 Å². The predicted molar refractivity (Wildman–Crippen MR) is 135 cm³/mol. The molecule has 0 unspecified atom stereocenters. The number of ether oxygens (including phenoxy) is 2. The molecule has 0 aliphatic carbocycles. The van der Waals surface area contributed by atoms with Crippen LogP contribution >= 0.6 is 0 Å². The number of carbonyl (C=O) groups excluding carboxylic acids is 2. The van der Waals surface area contributed by atoms with Crippen LogP contribution in [0.2, 0.25) is 0 Å². The van der Waals surface area contributed by atoms with Crippen molar-refractivity contribution in [3.63, 3.8) is 0 Å². The van der Waals surface area contributed by atoms with Gasteiger partial charge in [-0.3, -0.25) is 0 Å². The van der Waals surface area contributed by atoms with Crippen LogP contribution in [0.5, 0.6) is 0 Å². The van der Waals surface area contributed by atoms with Gasteiger partial charge in [-0.25, -0.2) is 9.59 Å². The molecule has 0 amide bonds. The first-order chi connectivity index (χ1) is 16.6. The molecule has 0 fully saturated rings. The normalized spacial score (nSPS) is 10.5. The van der Waals surface area contributed by atoms with E-state index in [1.165, 1.54) is 0 Å². The molecular formula is C30H26O4. The molecule has 4 nitrogen and oxygen atoms in total. The molecule has 0 bridgehead atoms. The van der Waals surface area contributed by atoms with Crippen molar-refractivity contribution in [1.29, 1.82) is 0 Å². The lowest BCUT2D eigenvalue weighted by molar-refractivity contribution is 0.0517. The van der Waals surface area contributed by atoms with Gasteiger partial charge in [-0.05, 0) is 71.5 Å². The second-order valence-electron chi connectivity index (χ2n) is 7.69. The summed E-state index contributed by atoms with van der Waals surface area (Å²) in [5.74, 6) is -0.641. The molecule has 0 spiro atoms. The van der Waals surface area contributed by atoms with Crippen LogP contribution < -0.4 is 0 Å². The molecule has 0 saturated carbocycles. The highest BCUT2D eigenvalue weighted by Gasteiger charge is 2.14. The SMILES string of the molecule is CCOC(=O)c1ccc(-c2ccccc2-c2ccccc2-c2ccc(C(=O)OCC)cc2)cc1. The van der Waals surface area contributed by atoms with Gasteiger partial charge < -0.3 is 9.47 Å². The van der Waals surface area contributed by atoms with Crippen molar-refractivity contribution < 1.29 is 19.1 Å². The molecule has 0 aliphatic heterocycles. The molecule has 0 aliphatic rings. The lowest BCUT2D eigenvalue weighted by atomic mass is 9.89. The van der Waals surface area contributed by atoms with Crippen LogP contribution in [0.3, 0.4) is 0 Å². The first kappa shape index (κ1) is 23.0. The molecule has 170 valence electrons. The van der Waals surface area contributed by atoms with Crippen LogP contribution in [0.4, 0.5) is 0 Å². The molecule has 4 aromatic carbocycles. The second-order valence-corrected chi connectivity index (χ2v) is 7.69. The molecule has 34 heavy (non-hydrogen) atoms. The average molecular weight is 451 g/mol. The fourth-order valence-corrected chi connectivity index (χ4v) is 3.94. The largest absolute Gasteiger partial charge is 0.462 e. The summed E-state index contributed by atoms with van der Waals surface area (Å²) in [6.07, 6.45) is 0.